The van der Waals surface area contributed by atoms with E-state index in [1.165, 1.54) is 0 Å². The Bertz CT molecular complexity index is 739. The number of para-hydroxylation sites is 1. The highest BCUT2D eigenvalue weighted by atomic mass is 35.5. The van der Waals surface area contributed by atoms with Crippen LogP contribution in [0.2, 0.25) is 10.0 Å². The van der Waals surface area contributed by atoms with E-state index in [2.05, 4.69) is 0 Å². The fraction of sp³-hybridized carbons (Fsp3) is 0.125. The topological polar surface area (TPSA) is 39.2 Å². The molecule has 1 heterocycles. The van der Waals surface area contributed by atoms with Gasteiger partial charge in [0.05, 0.1) is 16.1 Å². The summed E-state index contributed by atoms with van der Waals surface area (Å²) in [5, 5.41) is 2.18. The second kappa shape index (κ2) is 6.32. The Morgan fingerprint density at radius 1 is 1.05 bits per heavy atom. The highest BCUT2D eigenvalue weighted by Crippen LogP contribution is 2.31. The maximum absolute atomic E-state index is 6.20. The van der Waals surface area contributed by atoms with Crippen LogP contribution in [0.15, 0.2) is 57.8 Å². The number of benzene rings is 2. The van der Waals surface area contributed by atoms with Crippen LogP contribution >= 0.6 is 35.0 Å². The van der Waals surface area contributed by atoms with Crippen molar-refractivity contribution in [2.24, 2.45) is 5.73 Å². The minimum atomic E-state index is -0.170. The first-order valence-corrected chi connectivity index (χ1v) is 8.19. The Morgan fingerprint density at radius 3 is 2.62 bits per heavy atom. The predicted molar refractivity (Wildman–Crippen MR) is 90.3 cm³/mol. The highest BCUT2D eigenvalue weighted by Gasteiger charge is 2.12. The van der Waals surface area contributed by atoms with Gasteiger partial charge in [0.2, 0.25) is 0 Å². The quantitative estimate of drug-likeness (QED) is 0.636. The zero-order chi connectivity index (χ0) is 14.8. The molecular weight excluding hydrogens is 325 g/mol. The summed E-state index contributed by atoms with van der Waals surface area (Å²) in [5.41, 5.74) is 7.06. The Hall–Kier alpha value is -1.13. The molecule has 2 aromatic carbocycles. The van der Waals surface area contributed by atoms with Gasteiger partial charge in [0, 0.05) is 16.0 Å². The van der Waals surface area contributed by atoms with Gasteiger partial charge in [-0.05, 0) is 30.3 Å². The van der Waals surface area contributed by atoms with E-state index in [1.54, 1.807) is 17.8 Å². The first-order chi connectivity index (χ1) is 10.1. The molecule has 0 aliphatic heterocycles. The summed E-state index contributed by atoms with van der Waals surface area (Å²) in [7, 11) is 0. The zero-order valence-electron chi connectivity index (χ0n) is 11.1. The van der Waals surface area contributed by atoms with Crippen LogP contribution < -0.4 is 5.73 Å². The van der Waals surface area contributed by atoms with Crippen LogP contribution in [0.1, 0.15) is 11.8 Å². The molecule has 1 aromatic heterocycles. The molecule has 0 aliphatic rings. The van der Waals surface area contributed by atoms with E-state index in [1.807, 2.05) is 42.5 Å². The molecule has 3 aromatic rings. The van der Waals surface area contributed by atoms with Gasteiger partial charge in [-0.15, -0.1) is 11.8 Å². The molecule has 0 aliphatic carbocycles. The van der Waals surface area contributed by atoms with E-state index in [-0.39, 0.29) is 6.04 Å². The standard InChI is InChI=1S/C16H13Cl2NOS/c17-12-6-5-11(8-13(12)18)21-9-14(19)16-7-10-3-1-2-4-15(10)20-16/h1-8,14H,9,19H2. The smallest absolute Gasteiger partial charge is 0.134 e. The molecule has 108 valence electrons. The highest BCUT2D eigenvalue weighted by molar-refractivity contribution is 7.99. The molecule has 0 saturated carbocycles. The van der Waals surface area contributed by atoms with Gasteiger partial charge in [0.15, 0.2) is 0 Å². The molecule has 0 saturated heterocycles. The van der Waals surface area contributed by atoms with Gasteiger partial charge in [0.25, 0.3) is 0 Å². The van der Waals surface area contributed by atoms with E-state index < -0.39 is 0 Å². The summed E-state index contributed by atoms with van der Waals surface area (Å²) in [6, 6.07) is 15.3. The van der Waals surface area contributed by atoms with Gasteiger partial charge in [0.1, 0.15) is 11.3 Å². The molecule has 21 heavy (non-hydrogen) atoms. The van der Waals surface area contributed by atoms with Gasteiger partial charge in [-0.1, -0.05) is 41.4 Å². The fourth-order valence-electron chi connectivity index (χ4n) is 2.02. The minimum absolute atomic E-state index is 0.170. The third-order valence-electron chi connectivity index (χ3n) is 3.13. The molecule has 3 rings (SSSR count). The van der Waals surface area contributed by atoms with Crippen molar-refractivity contribution >= 4 is 45.9 Å². The lowest BCUT2D eigenvalue weighted by atomic mass is 10.2. The summed E-state index contributed by atoms with van der Waals surface area (Å²) in [5.74, 6) is 1.50. The van der Waals surface area contributed by atoms with Crippen molar-refractivity contribution < 1.29 is 4.42 Å². The first-order valence-electron chi connectivity index (χ1n) is 6.45. The molecule has 0 amide bonds. The molecule has 0 fully saturated rings. The Morgan fingerprint density at radius 2 is 1.86 bits per heavy atom. The first kappa shape index (κ1) is 14.8. The minimum Gasteiger partial charge on any atom is -0.459 e. The van der Waals surface area contributed by atoms with Gasteiger partial charge in [-0.2, -0.15) is 0 Å². The van der Waals surface area contributed by atoms with E-state index in [0.29, 0.717) is 15.8 Å². The van der Waals surface area contributed by atoms with E-state index in [9.17, 15) is 0 Å². The molecule has 1 unspecified atom stereocenters. The SMILES string of the molecule is NC(CSc1ccc(Cl)c(Cl)c1)c1cc2ccccc2o1. The third kappa shape index (κ3) is 3.38. The number of fused-ring (bicyclic) bond motifs is 1. The van der Waals surface area contributed by atoms with Crippen molar-refractivity contribution in [2.75, 3.05) is 5.75 Å². The van der Waals surface area contributed by atoms with Crippen LogP contribution in [0.4, 0.5) is 0 Å². The Labute approximate surface area is 137 Å². The van der Waals surface area contributed by atoms with Crippen molar-refractivity contribution in [2.45, 2.75) is 10.9 Å². The number of furan rings is 1. The summed E-state index contributed by atoms with van der Waals surface area (Å²) in [6.07, 6.45) is 0. The van der Waals surface area contributed by atoms with Crippen LogP contribution in [0.5, 0.6) is 0 Å². The van der Waals surface area contributed by atoms with Crippen molar-refractivity contribution in [3.05, 3.63) is 64.3 Å². The van der Waals surface area contributed by atoms with Gasteiger partial charge < -0.3 is 10.2 Å². The Kier molecular flexibility index (Phi) is 4.45. The molecule has 0 radical (unpaired) electrons. The molecule has 5 heteroatoms. The number of hydrogen-bond acceptors (Lipinski definition) is 3. The molecule has 0 spiro atoms. The van der Waals surface area contributed by atoms with E-state index in [4.69, 9.17) is 33.4 Å². The third-order valence-corrected chi connectivity index (χ3v) is 4.98. The van der Waals surface area contributed by atoms with E-state index >= 15 is 0 Å². The van der Waals surface area contributed by atoms with E-state index in [0.717, 1.165) is 21.6 Å². The predicted octanol–water partition coefficient (Wildman–Crippen LogP) is 5.53. The van der Waals surface area contributed by atoms with Gasteiger partial charge in [-0.3, -0.25) is 0 Å². The number of hydrogen-bond donors (Lipinski definition) is 1. The number of halogens is 2. The number of nitrogens with two attached hydrogens (primary N) is 1. The number of thioether (sulfide) groups is 1. The van der Waals surface area contributed by atoms with Crippen LogP contribution in [0.25, 0.3) is 11.0 Å². The zero-order valence-corrected chi connectivity index (χ0v) is 13.4. The summed E-state index contributed by atoms with van der Waals surface area (Å²) >= 11 is 13.5. The largest absolute Gasteiger partial charge is 0.459 e. The summed E-state index contributed by atoms with van der Waals surface area (Å²) in [6.45, 7) is 0. The second-order valence-electron chi connectivity index (χ2n) is 4.68. The molecule has 1 atom stereocenters. The average molecular weight is 338 g/mol. The normalized spacial score (nSPS) is 12.7. The maximum atomic E-state index is 6.20. The van der Waals surface area contributed by atoms with Crippen LogP contribution in [-0.2, 0) is 0 Å². The van der Waals surface area contributed by atoms with Gasteiger partial charge in [-0.25, -0.2) is 0 Å². The van der Waals surface area contributed by atoms with Crippen LogP contribution in [0.3, 0.4) is 0 Å². The van der Waals surface area contributed by atoms with Crippen molar-refractivity contribution in [1.82, 2.24) is 0 Å². The van der Waals surface area contributed by atoms with Gasteiger partial charge >= 0.3 is 0 Å². The van der Waals surface area contributed by atoms with Crippen LogP contribution in [-0.4, -0.2) is 5.75 Å². The second-order valence-corrected chi connectivity index (χ2v) is 6.59. The Balaban J connectivity index is 1.70. The molecule has 0 bridgehead atoms. The maximum Gasteiger partial charge on any atom is 0.134 e. The molecule has 2 nitrogen and oxygen atoms in total. The monoisotopic (exact) mass is 337 g/mol. The number of rotatable bonds is 4. The summed E-state index contributed by atoms with van der Waals surface area (Å²) < 4.78 is 5.78. The van der Waals surface area contributed by atoms with Crippen molar-refractivity contribution in [3.8, 4) is 0 Å². The molecular formula is C16H13Cl2NOS. The lowest BCUT2D eigenvalue weighted by molar-refractivity contribution is 0.516. The fourth-order valence-corrected chi connectivity index (χ4v) is 3.28. The lowest BCUT2D eigenvalue weighted by Crippen LogP contribution is -2.11. The average Bonchev–Trinajstić information content (AvgIpc) is 2.92. The van der Waals surface area contributed by atoms with Crippen molar-refractivity contribution in [3.63, 3.8) is 0 Å². The molecule has 2 N–H and O–H groups in total. The van der Waals surface area contributed by atoms with Crippen LogP contribution in [0, 0.1) is 0 Å². The van der Waals surface area contributed by atoms with Crippen molar-refractivity contribution in [1.29, 1.82) is 0 Å². The summed E-state index contributed by atoms with van der Waals surface area (Å²) in [4.78, 5) is 1.04. The lowest BCUT2D eigenvalue weighted by Gasteiger charge is -2.08.